The van der Waals surface area contributed by atoms with E-state index in [1.807, 2.05) is 0 Å². The third-order valence-corrected chi connectivity index (χ3v) is 3.79. The number of benzene rings is 2. The second kappa shape index (κ2) is 11.4. The second-order valence-corrected chi connectivity index (χ2v) is 6.81. The van der Waals surface area contributed by atoms with E-state index in [0.717, 1.165) is 15.9 Å². The fourth-order valence-electron chi connectivity index (χ4n) is 1.43. The molecule has 28 heavy (non-hydrogen) atoms. The monoisotopic (exact) mass is 532 g/mol. The van der Waals surface area contributed by atoms with E-state index < -0.39 is 24.6 Å². The first-order valence-electron chi connectivity index (χ1n) is 7.22. The van der Waals surface area contributed by atoms with Gasteiger partial charge in [0.2, 0.25) is 5.78 Å². The summed E-state index contributed by atoms with van der Waals surface area (Å²) in [4.78, 5) is 10.5. The fourth-order valence-corrected chi connectivity index (χ4v) is 1.96. The highest BCUT2D eigenvalue weighted by Crippen LogP contribution is 2.24. The summed E-state index contributed by atoms with van der Waals surface area (Å²) in [6.07, 6.45) is -7.28. The van der Waals surface area contributed by atoms with Gasteiger partial charge in [0.15, 0.2) is 0 Å². The van der Waals surface area contributed by atoms with Crippen LogP contribution in [0.15, 0.2) is 57.5 Å². The molecule has 0 aliphatic carbocycles. The number of aliphatic hydroxyl groups excluding tert-OH is 1. The maximum absolute atomic E-state index is 12.7. The molecule has 2 rings (SSSR count). The lowest BCUT2D eigenvalue weighted by molar-refractivity contribution is -0.200. The molecule has 0 aliphatic heterocycles. The van der Waals surface area contributed by atoms with Crippen molar-refractivity contribution in [2.45, 2.75) is 26.6 Å². The van der Waals surface area contributed by atoms with E-state index in [-0.39, 0.29) is 18.9 Å². The molecule has 0 spiro atoms. The zero-order chi connectivity index (χ0) is 20.7. The van der Waals surface area contributed by atoms with Crippen LogP contribution >= 0.6 is 31.9 Å². The first-order chi connectivity index (χ1) is 12.4. The Bertz CT molecular complexity index is 738. The maximum atomic E-state index is 12.7. The van der Waals surface area contributed by atoms with Crippen molar-refractivity contribution in [2.24, 2.45) is 0 Å². The molecule has 10 heteroatoms. The van der Waals surface area contributed by atoms with Crippen LogP contribution in [0.2, 0.25) is 0 Å². The van der Waals surface area contributed by atoms with Gasteiger partial charge in [-0.25, -0.2) is 0 Å². The molecule has 0 radical (unpaired) electrons. The minimum Gasteiger partial charge on any atom is -0.431 e. The van der Waals surface area contributed by atoms with Gasteiger partial charge < -0.3 is 14.6 Å². The molecule has 0 heterocycles. The van der Waals surface area contributed by atoms with Crippen LogP contribution in [0.1, 0.15) is 14.4 Å². The predicted octanol–water partition coefficient (Wildman–Crippen LogP) is 6.06. The number of halogens is 6. The van der Waals surface area contributed by atoms with E-state index in [2.05, 4.69) is 41.3 Å². The average Bonchev–Trinajstić information content (AvgIpc) is 2.59. The van der Waals surface area contributed by atoms with Gasteiger partial charge >= 0.3 is 12.2 Å². The lowest BCUT2D eigenvalue weighted by Crippen LogP contribution is -2.32. The molecule has 0 unspecified atom stereocenters. The van der Waals surface area contributed by atoms with Crippen molar-refractivity contribution in [3.05, 3.63) is 57.5 Å². The van der Waals surface area contributed by atoms with Crippen LogP contribution in [-0.2, 0) is 4.79 Å². The normalized spacial score (nSPS) is 10.9. The van der Waals surface area contributed by atoms with Crippen molar-refractivity contribution >= 4 is 37.6 Å². The van der Waals surface area contributed by atoms with Crippen LogP contribution in [0.5, 0.6) is 11.5 Å². The van der Waals surface area contributed by atoms with Crippen LogP contribution < -0.4 is 9.47 Å². The molecule has 0 bridgehead atoms. The van der Waals surface area contributed by atoms with E-state index >= 15 is 0 Å². The molecule has 1 N–H and O–H groups in total. The molecule has 2 aromatic carbocycles. The number of aliphatic hydroxyl groups is 1. The van der Waals surface area contributed by atoms with Gasteiger partial charge in [0, 0.05) is 15.9 Å². The molecule has 0 saturated carbocycles. The molecule has 0 amide bonds. The number of carbonyl (C=O) groups excluding carboxylic acids is 1. The van der Waals surface area contributed by atoms with E-state index in [9.17, 15) is 22.4 Å². The third-order valence-electron chi connectivity index (χ3n) is 2.73. The van der Waals surface area contributed by atoms with Crippen molar-refractivity contribution in [2.75, 3.05) is 6.61 Å². The Labute approximate surface area is 176 Å². The number of rotatable bonds is 6. The largest absolute Gasteiger partial charge is 0.460 e. The molecule has 156 valence electrons. The number of ketones is 1. The Morgan fingerprint density at radius 1 is 0.893 bits per heavy atom. The summed E-state index contributed by atoms with van der Waals surface area (Å²) in [5.74, 6) is -1.35. The molecular weight excluding hydrogens is 516 g/mol. The van der Waals surface area contributed by atoms with Gasteiger partial charge in [-0.1, -0.05) is 39.3 Å². The zero-order valence-electron chi connectivity index (χ0n) is 13.8. The van der Waals surface area contributed by atoms with Gasteiger partial charge in [0.05, 0.1) is 0 Å². The van der Waals surface area contributed by atoms with E-state index in [4.69, 9.17) is 5.11 Å². The van der Waals surface area contributed by atoms with Crippen LogP contribution in [0.4, 0.5) is 17.6 Å². The molecule has 0 fully saturated rings. The van der Waals surface area contributed by atoms with E-state index in [1.54, 1.807) is 24.3 Å². The fraction of sp³-hybridized carbons (Fsp3) is 0.278. The summed E-state index contributed by atoms with van der Waals surface area (Å²) in [5, 5.41) is 8.23. The van der Waals surface area contributed by atoms with Gasteiger partial charge in [-0.15, -0.1) is 0 Å². The Morgan fingerprint density at radius 2 is 1.25 bits per heavy atom. The first-order valence-corrected chi connectivity index (χ1v) is 8.80. The van der Waals surface area contributed by atoms with Crippen LogP contribution in [0, 0.1) is 0 Å². The van der Waals surface area contributed by atoms with Gasteiger partial charge in [-0.2, -0.15) is 17.6 Å². The van der Waals surface area contributed by atoms with Crippen molar-refractivity contribution in [1.82, 2.24) is 0 Å². The molecule has 0 saturated heterocycles. The topological polar surface area (TPSA) is 55.8 Å². The summed E-state index contributed by atoms with van der Waals surface area (Å²) < 4.78 is 60.3. The number of carbonyl (C=O) groups is 1. The highest BCUT2D eigenvalue weighted by molar-refractivity contribution is 9.10. The number of Topliss-reactive ketones (excluding diaryl/α,β-unsaturated/α-hetero) is 1. The predicted molar refractivity (Wildman–Crippen MR) is 104 cm³/mol. The minimum absolute atomic E-state index is 0. The van der Waals surface area contributed by atoms with Crippen LogP contribution in [-0.4, -0.2) is 29.7 Å². The van der Waals surface area contributed by atoms with E-state index in [1.165, 1.54) is 24.3 Å². The highest BCUT2D eigenvalue weighted by atomic mass is 79.9. The standard InChI is InChI=1S/C9H7BrF2O2.C8H7BrF2O2.CH4/c1-6(13)9(11,12)14-8-4-2-7(10)3-5-8;9-6-1-3-7(4-2-6)13-8(10,11)5-12;/h2-5H,1H3;1-4,12H,5H2;1H4. The summed E-state index contributed by atoms with van der Waals surface area (Å²) in [7, 11) is 0. The molecule has 4 nitrogen and oxygen atoms in total. The van der Waals surface area contributed by atoms with Gasteiger partial charge in [0.25, 0.3) is 0 Å². The molecular formula is C18H18Br2F4O4. The Morgan fingerprint density at radius 3 is 1.57 bits per heavy atom. The van der Waals surface area contributed by atoms with Crippen molar-refractivity contribution in [3.63, 3.8) is 0 Å². The molecule has 0 aromatic heterocycles. The minimum atomic E-state index is -3.76. The number of hydrogen-bond donors (Lipinski definition) is 1. The van der Waals surface area contributed by atoms with E-state index in [0.29, 0.717) is 0 Å². The lowest BCUT2D eigenvalue weighted by atomic mass is 10.3. The quantitative estimate of drug-likeness (QED) is 0.459. The molecule has 0 aliphatic rings. The third kappa shape index (κ3) is 9.52. The summed E-state index contributed by atoms with van der Waals surface area (Å²) in [5.41, 5.74) is 0. The number of alkyl halides is 4. The van der Waals surface area contributed by atoms with Crippen molar-refractivity contribution in [1.29, 1.82) is 0 Å². The second-order valence-electron chi connectivity index (χ2n) is 4.98. The van der Waals surface area contributed by atoms with Gasteiger partial charge in [-0.05, 0) is 48.5 Å². The first kappa shape index (κ1) is 26.4. The molecule has 0 atom stereocenters. The highest BCUT2D eigenvalue weighted by Gasteiger charge is 2.38. The lowest BCUT2D eigenvalue weighted by Gasteiger charge is -2.14. The van der Waals surface area contributed by atoms with Crippen molar-refractivity contribution in [3.8, 4) is 11.5 Å². The number of ether oxygens (including phenoxy) is 2. The molecule has 2 aromatic rings. The average molecular weight is 534 g/mol. The van der Waals surface area contributed by atoms with Gasteiger partial charge in [0.1, 0.15) is 18.1 Å². The van der Waals surface area contributed by atoms with Crippen LogP contribution in [0.25, 0.3) is 0 Å². The maximum Gasteiger partial charge on any atom is 0.460 e. The number of hydrogen-bond acceptors (Lipinski definition) is 4. The summed E-state index contributed by atoms with van der Waals surface area (Å²) in [6.45, 7) is -0.554. The van der Waals surface area contributed by atoms with Gasteiger partial charge in [-0.3, -0.25) is 4.79 Å². The summed E-state index contributed by atoms with van der Waals surface area (Å²) in [6, 6.07) is 11.7. The summed E-state index contributed by atoms with van der Waals surface area (Å²) >= 11 is 6.29. The van der Waals surface area contributed by atoms with Crippen LogP contribution in [0.3, 0.4) is 0 Å². The smallest absolute Gasteiger partial charge is 0.431 e. The zero-order valence-corrected chi connectivity index (χ0v) is 16.9. The van der Waals surface area contributed by atoms with Crippen molar-refractivity contribution < 1.29 is 36.9 Å². The SMILES string of the molecule is C.CC(=O)C(F)(F)Oc1ccc(Br)cc1.OCC(F)(F)Oc1ccc(Br)cc1. The Kier molecular flexibility index (Phi) is 10.7. The Balaban J connectivity index is 0.000000504. The Hall–Kier alpha value is -1.65.